The second-order valence-corrected chi connectivity index (χ2v) is 5.64. The van der Waals surface area contributed by atoms with E-state index in [1.165, 1.54) is 4.31 Å². The first-order valence-electron chi connectivity index (χ1n) is 4.85. The summed E-state index contributed by atoms with van der Waals surface area (Å²) in [5.41, 5.74) is 0. The number of hydrogen-bond acceptors (Lipinski definition) is 3. The number of hydrogen-bond donors (Lipinski definition) is 2. The largest absolute Gasteiger partial charge is 0.480 e. The van der Waals surface area contributed by atoms with Gasteiger partial charge in [0.1, 0.15) is 6.04 Å². The molecule has 0 saturated carbocycles. The van der Waals surface area contributed by atoms with Crippen molar-refractivity contribution in [2.75, 3.05) is 13.1 Å². The Bertz CT molecular complexity index is 335. The second kappa shape index (κ2) is 4.46. The van der Waals surface area contributed by atoms with Gasteiger partial charge in [0.05, 0.1) is 0 Å². The van der Waals surface area contributed by atoms with E-state index >= 15 is 0 Å². The molecule has 0 aromatic carbocycles. The monoisotopic (exact) mass is 236 g/mol. The molecule has 0 bridgehead atoms. The van der Waals surface area contributed by atoms with E-state index in [1.807, 2.05) is 0 Å². The van der Waals surface area contributed by atoms with Gasteiger partial charge in [-0.2, -0.15) is 17.4 Å². The van der Waals surface area contributed by atoms with Gasteiger partial charge in [0.2, 0.25) is 0 Å². The molecule has 0 unspecified atom stereocenters. The van der Waals surface area contributed by atoms with Gasteiger partial charge in [0, 0.05) is 13.1 Å². The molecule has 1 aliphatic rings. The minimum Gasteiger partial charge on any atom is -0.480 e. The van der Waals surface area contributed by atoms with Crippen LogP contribution in [0.3, 0.4) is 0 Å². The number of nitrogens with zero attached hydrogens (tertiary/aromatic N) is 1. The molecule has 0 radical (unpaired) electrons. The maximum Gasteiger partial charge on any atom is 0.322 e. The molecule has 88 valence electrons. The molecule has 1 atom stereocenters. The van der Waals surface area contributed by atoms with E-state index in [0.29, 0.717) is 13.1 Å². The van der Waals surface area contributed by atoms with Gasteiger partial charge in [-0.1, -0.05) is 13.8 Å². The van der Waals surface area contributed by atoms with E-state index in [2.05, 4.69) is 4.72 Å². The Morgan fingerprint density at radius 3 is 2.20 bits per heavy atom. The third-order valence-corrected chi connectivity index (χ3v) is 3.96. The van der Waals surface area contributed by atoms with Crippen molar-refractivity contribution in [3.63, 3.8) is 0 Å². The Balaban J connectivity index is 2.69. The fraction of sp³-hybridized carbons (Fsp3) is 0.875. The number of nitrogens with one attached hydrogen (secondary N) is 1. The summed E-state index contributed by atoms with van der Waals surface area (Å²) >= 11 is 0. The van der Waals surface area contributed by atoms with Crippen LogP contribution in [0, 0.1) is 5.92 Å². The van der Waals surface area contributed by atoms with Crippen LogP contribution < -0.4 is 4.72 Å². The molecule has 1 saturated heterocycles. The average molecular weight is 236 g/mol. The molecule has 7 heteroatoms. The van der Waals surface area contributed by atoms with Crippen LogP contribution >= 0.6 is 0 Å². The third kappa shape index (κ3) is 2.90. The maximum atomic E-state index is 11.6. The number of carboxylic acids is 1. The zero-order chi connectivity index (χ0) is 11.6. The summed E-state index contributed by atoms with van der Waals surface area (Å²) in [6.07, 6.45) is 0.834. The fourth-order valence-corrected chi connectivity index (χ4v) is 2.82. The lowest BCUT2D eigenvalue weighted by Gasteiger charge is -2.31. The van der Waals surface area contributed by atoms with Gasteiger partial charge in [-0.25, -0.2) is 0 Å². The van der Waals surface area contributed by atoms with E-state index in [0.717, 1.165) is 6.42 Å². The Kier molecular flexibility index (Phi) is 3.69. The van der Waals surface area contributed by atoms with Crippen LogP contribution in [-0.2, 0) is 15.0 Å². The molecule has 0 aromatic heterocycles. The topological polar surface area (TPSA) is 86.7 Å². The standard InChI is InChI=1S/C8H16N2O4S/c1-6(2)7(8(11)12)9-15(13,14)10-4-3-5-10/h6-7,9H,3-5H2,1-2H3,(H,11,12)/t7-/m0/s1. The van der Waals surface area contributed by atoms with Gasteiger partial charge in [0.25, 0.3) is 10.2 Å². The van der Waals surface area contributed by atoms with E-state index in [4.69, 9.17) is 5.11 Å². The first-order valence-corrected chi connectivity index (χ1v) is 6.29. The Labute approximate surface area is 89.4 Å². The summed E-state index contributed by atoms with van der Waals surface area (Å²) in [5, 5.41) is 8.83. The molecule has 1 fully saturated rings. The van der Waals surface area contributed by atoms with Gasteiger partial charge in [-0.05, 0) is 12.3 Å². The molecular formula is C8H16N2O4S. The van der Waals surface area contributed by atoms with Gasteiger partial charge in [0.15, 0.2) is 0 Å². The first-order chi connectivity index (χ1) is 6.84. The van der Waals surface area contributed by atoms with Crippen LogP contribution in [0.5, 0.6) is 0 Å². The minimum absolute atomic E-state index is 0.279. The van der Waals surface area contributed by atoms with Crippen LogP contribution in [-0.4, -0.2) is 42.9 Å². The highest BCUT2D eigenvalue weighted by molar-refractivity contribution is 7.87. The van der Waals surface area contributed by atoms with Crippen LogP contribution in [0.4, 0.5) is 0 Å². The zero-order valence-corrected chi connectivity index (χ0v) is 9.62. The molecule has 0 aliphatic carbocycles. The molecule has 2 N–H and O–H groups in total. The van der Waals surface area contributed by atoms with Crippen molar-refractivity contribution >= 4 is 16.2 Å². The van der Waals surface area contributed by atoms with Crippen LogP contribution in [0.15, 0.2) is 0 Å². The molecule has 15 heavy (non-hydrogen) atoms. The van der Waals surface area contributed by atoms with Crippen LogP contribution in [0.2, 0.25) is 0 Å². The van der Waals surface area contributed by atoms with Crippen molar-refractivity contribution in [1.82, 2.24) is 9.03 Å². The highest BCUT2D eigenvalue weighted by Crippen LogP contribution is 2.13. The smallest absolute Gasteiger partial charge is 0.322 e. The molecule has 1 heterocycles. The molecule has 1 aliphatic heterocycles. The lowest BCUT2D eigenvalue weighted by Crippen LogP contribution is -2.54. The number of carbonyl (C=O) groups is 1. The Morgan fingerprint density at radius 2 is 1.93 bits per heavy atom. The molecule has 6 nitrogen and oxygen atoms in total. The summed E-state index contributed by atoms with van der Waals surface area (Å²) in [5.74, 6) is -1.42. The molecule has 0 spiro atoms. The van der Waals surface area contributed by atoms with Gasteiger partial charge in [-0.15, -0.1) is 0 Å². The van der Waals surface area contributed by atoms with Gasteiger partial charge < -0.3 is 5.11 Å². The van der Waals surface area contributed by atoms with Crippen molar-refractivity contribution in [2.45, 2.75) is 26.3 Å². The summed E-state index contributed by atoms with van der Waals surface area (Å²) in [6.45, 7) is 4.27. The highest BCUT2D eigenvalue weighted by atomic mass is 32.2. The SMILES string of the molecule is CC(C)[C@H](NS(=O)(=O)N1CCC1)C(=O)O. The molecular weight excluding hydrogens is 220 g/mol. The predicted molar refractivity (Wildman–Crippen MR) is 54.5 cm³/mol. The molecule has 0 amide bonds. The lowest BCUT2D eigenvalue weighted by atomic mass is 10.1. The first kappa shape index (κ1) is 12.4. The summed E-state index contributed by atoms with van der Waals surface area (Å²) in [4.78, 5) is 10.8. The van der Waals surface area contributed by atoms with Crippen LogP contribution in [0.1, 0.15) is 20.3 Å². The summed E-state index contributed by atoms with van der Waals surface area (Å²) in [6, 6.07) is -1.06. The number of rotatable bonds is 5. The van der Waals surface area contributed by atoms with Crippen LogP contribution in [0.25, 0.3) is 0 Å². The third-order valence-electron chi connectivity index (χ3n) is 2.36. The average Bonchev–Trinajstić information content (AvgIpc) is 1.94. The van der Waals surface area contributed by atoms with Crippen molar-refractivity contribution < 1.29 is 18.3 Å². The van der Waals surface area contributed by atoms with E-state index in [-0.39, 0.29) is 5.92 Å². The van der Waals surface area contributed by atoms with E-state index in [1.54, 1.807) is 13.8 Å². The Morgan fingerprint density at radius 1 is 1.40 bits per heavy atom. The van der Waals surface area contributed by atoms with Crippen molar-refractivity contribution in [1.29, 1.82) is 0 Å². The van der Waals surface area contributed by atoms with Gasteiger partial charge >= 0.3 is 5.97 Å². The van der Waals surface area contributed by atoms with Crippen molar-refractivity contribution in [3.8, 4) is 0 Å². The fourth-order valence-electron chi connectivity index (χ4n) is 1.23. The predicted octanol–water partition coefficient (Wildman–Crippen LogP) is -0.364. The Hall–Kier alpha value is -0.660. The van der Waals surface area contributed by atoms with Crippen molar-refractivity contribution in [2.24, 2.45) is 5.92 Å². The quantitative estimate of drug-likeness (QED) is 0.682. The minimum atomic E-state index is -3.61. The highest BCUT2D eigenvalue weighted by Gasteiger charge is 2.33. The lowest BCUT2D eigenvalue weighted by molar-refractivity contribution is -0.140. The van der Waals surface area contributed by atoms with E-state index < -0.39 is 22.2 Å². The van der Waals surface area contributed by atoms with Gasteiger partial charge in [-0.3, -0.25) is 4.79 Å². The summed E-state index contributed by atoms with van der Waals surface area (Å²) in [7, 11) is -3.61. The second-order valence-electron chi connectivity index (χ2n) is 3.94. The summed E-state index contributed by atoms with van der Waals surface area (Å²) < 4.78 is 26.6. The normalized spacial score (nSPS) is 19.9. The van der Waals surface area contributed by atoms with E-state index in [9.17, 15) is 13.2 Å². The number of carboxylic acid groups (broad SMARTS) is 1. The zero-order valence-electron chi connectivity index (χ0n) is 8.80. The van der Waals surface area contributed by atoms with Crippen molar-refractivity contribution in [3.05, 3.63) is 0 Å². The molecule has 1 rings (SSSR count). The number of aliphatic carboxylic acids is 1. The maximum absolute atomic E-state index is 11.6. The molecule has 0 aromatic rings.